The Morgan fingerprint density at radius 2 is 1.95 bits per heavy atom. The molecule has 4 heteroatoms. The number of rotatable bonds is 3. The average Bonchev–Trinajstić information content (AvgIpc) is 2.99. The van der Waals surface area contributed by atoms with E-state index in [1.807, 2.05) is 56.4 Å². The Balaban J connectivity index is 1.77. The summed E-state index contributed by atoms with van der Waals surface area (Å²) in [6.07, 6.45) is 0.519. The molecule has 4 nitrogen and oxygen atoms in total. The third-order valence-electron chi connectivity index (χ3n) is 3.71. The lowest BCUT2D eigenvalue weighted by Crippen LogP contribution is -2.31. The van der Waals surface area contributed by atoms with E-state index in [2.05, 4.69) is 5.32 Å². The van der Waals surface area contributed by atoms with Gasteiger partial charge < -0.3 is 9.32 Å². The molecule has 0 spiro atoms. The van der Waals surface area contributed by atoms with Crippen molar-refractivity contribution >= 4 is 5.91 Å². The number of likely N-dealkylation sites (N-methyl/N-ethyl adjacent to an activating group) is 1. The summed E-state index contributed by atoms with van der Waals surface area (Å²) in [6.45, 7) is 1.90. The van der Waals surface area contributed by atoms with Gasteiger partial charge in [-0.3, -0.25) is 10.1 Å². The number of carbonyl (C=O) groups excluding carboxylic acids is 1. The molecule has 3 rings (SSSR count). The van der Waals surface area contributed by atoms with E-state index in [9.17, 15) is 4.79 Å². The molecule has 1 N–H and O–H groups in total. The zero-order chi connectivity index (χ0) is 14.1. The van der Waals surface area contributed by atoms with Gasteiger partial charge in [-0.15, -0.1) is 0 Å². The van der Waals surface area contributed by atoms with Crippen LogP contribution < -0.4 is 5.32 Å². The highest BCUT2D eigenvalue weighted by Crippen LogP contribution is 2.26. The van der Waals surface area contributed by atoms with E-state index in [-0.39, 0.29) is 18.1 Å². The van der Waals surface area contributed by atoms with Crippen molar-refractivity contribution in [2.24, 2.45) is 0 Å². The molecule has 1 fully saturated rings. The fourth-order valence-corrected chi connectivity index (χ4v) is 2.62. The first-order valence-corrected chi connectivity index (χ1v) is 6.78. The van der Waals surface area contributed by atoms with E-state index < -0.39 is 0 Å². The summed E-state index contributed by atoms with van der Waals surface area (Å²) in [5.74, 6) is 1.75. The summed E-state index contributed by atoms with van der Waals surface area (Å²) >= 11 is 0. The van der Waals surface area contributed by atoms with Crippen molar-refractivity contribution in [1.82, 2.24) is 10.2 Å². The number of carbonyl (C=O) groups is 1. The molecule has 2 atom stereocenters. The maximum Gasteiger partial charge on any atom is 0.241 e. The van der Waals surface area contributed by atoms with E-state index in [4.69, 9.17) is 4.42 Å². The molecule has 2 heterocycles. The summed E-state index contributed by atoms with van der Waals surface area (Å²) in [4.78, 5) is 14.0. The van der Waals surface area contributed by atoms with Crippen molar-refractivity contribution in [2.75, 3.05) is 7.05 Å². The average molecular weight is 270 g/mol. The molecule has 1 aliphatic rings. The number of nitrogens with one attached hydrogen (secondary N) is 1. The smallest absolute Gasteiger partial charge is 0.241 e. The Labute approximate surface area is 118 Å². The molecule has 20 heavy (non-hydrogen) atoms. The fourth-order valence-electron chi connectivity index (χ4n) is 2.62. The number of amides is 1. The van der Waals surface area contributed by atoms with E-state index in [0.29, 0.717) is 6.42 Å². The number of nitrogens with zero attached hydrogens (tertiary/aromatic N) is 1. The predicted molar refractivity (Wildman–Crippen MR) is 76.0 cm³/mol. The van der Waals surface area contributed by atoms with Gasteiger partial charge in [0.15, 0.2) is 0 Å². The molecule has 1 saturated heterocycles. The SMILES string of the molecule is Cc1ccc(C2NC(Cc3ccccc3)C(=O)N2C)o1. The van der Waals surface area contributed by atoms with E-state index in [1.165, 1.54) is 0 Å². The largest absolute Gasteiger partial charge is 0.463 e. The lowest BCUT2D eigenvalue weighted by atomic mass is 10.1. The Morgan fingerprint density at radius 1 is 1.20 bits per heavy atom. The van der Waals surface area contributed by atoms with Crippen LogP contribution in [0.15, 0.2) is 46.9 Å². The molecule has 0 bridgehead atoms. The molecule has 1 aliphatic heterocycles. The highest BCUT2D eigenvalue weighted by molar-refractivity contribution is 5.84. The number of hydrogen-bond donors (Lipinski definition) is 1. The standard InChI is InChI=1S/C16H18N2O2/c1-11-8-9-14(20-11)15-17-13(16(19)18(15)2)10-12-6-4-3-5-7-12/h3-9,13,15,17H,10H2,1-2H3. The molecule has 1 aromatic carbocycles. The van der Waals surface area contributed by atoms with Gasteiger partial charge in [0.1, 0.15) is 17.7 Å². The molecule has 1 amide bonds. The Hall–Kier alpha value is -2.07. The molecule has 0 aliphatic carbocycles. The van der Waals surface area contributed by atoms with Gasteiger partial charge in [-0.1, -0.05) is 30.3 Å². The lowest BCUT2D eigenvalue weighted by molar-refractivity contribution is -0.129. The van der Waals surface area contributed by atoms with Crippen LogP contribution >= 0.6 is 0 Å². The maximum atomic E-state index is 12.3. The highest BCUT2D eigenvalue weighted by Gasteiger charge is 2.38. The van der Waals surface area contributed by atoms with Gasteiger partial charge in [0.05, 0.1) is 6.04 Å². The van der Waals surface area contributed by atoms with Crippen molar-refractivity contribution in [1.29, 1.82) is 0 Å². The van der Waals surface area contributed by atoms with E-state index in [0.717, 1.165) is 17.1 Å². The molecular weight excluding hydrogens is 252 g/mol. The van der Waals surface area contributed by atoms with Crippen LogP contribution in [-0.2, 0) is 11.2 Å². The zero-order valence-electron chi connectivity index (χ0n) is 11.7. The third-order valence-corrected chi connectivity index (χ3v) is 3.71. The second kappa shape index (κ2) is 5.13. The van der Waals surface area contributed by atoms with Crippen molar-refractivity contribution in [3.8, 4) is 0 Å². The van der Waals surface area contributed by atoms with Crippen LogP contribution in [0.3, 0.4) is 0 Å². The van der Waals surface area contributed by atoms with Crippen molar-refractivity contribution < 1.29 is 9.21 Å². The first-order valence-electron chi connectivity index (χ1n) is 6.78. The van der Waals surface area contributed by atoms with Gasteiger partial charge in [0.2, 0.25) is 5.91 Å². The van der Waals surface area contributed by atoms with Gasteiger partial charge >= 0.3 is 0 Å². The second-order valence-electron chi connectivity index (χ2n) is 5.21. The summed E-state index contributed by atoms with van der Waals surface area (Å²) in [7, 11) is 1.81. The lowest BCUT2D eigenvalue weighted by Gasteiger charge is -2.16. The molecule has 2 unspecified atom stereocenters. The van der Waals surface area contributed by atoms with Crippen molar-refractivity contribution in [3.63, 3.8) is 0 Å². The van der Waals surface area contributed by atoms with Gasteiger partial charge in [0.25, 0.3) is 0 Å². The van der Waals surface area contributed by atoms with Gasteiger partial charge in [0, 0.05) is 7.05 Å². The molecule has 0 radical (unpaired) electrons. The molecule has 0 saturated carbocycles. The summed E-state index contributed by atoms with van der Waals surface area (Å²) in [6, 6.07) is 13.7. The van der Waals surface area contributed by atoms with E-state index in [1.54, 1.807) is 4.90 Å². The van der Waals surface area contributed by atoms with E-state index >= 15 is 0 Å². The van der Waals surface area contributed by atoms with Crippen molar-refractivity contribution in [3.05, 3.63) is 59.5 Å². The maximum absolute atomic E-state index is 12.3. The van der Waals surface area contributed by atoms with Crippen molar-refractivity contribution in [2.45, 2.75) is 25.6 Å². The zero-order valence-corrected chi connectivity index (χ0v) is 11.7. The van der Waals surface area contributed by atoms with Crippen LogP contribution in [0.2, 0.25) is 0 Å². The van der Waals surface area contributed by atoms with Crippen LogP contribution in [0.25, 0.3) is 0 Å². The minimum atomic E-state index is -0.196. The highest BCUT2D eigenvalue weighted by atomic mass is 16.3. The molecule has 1 aromatic heterocycles. The Kier molecular flexibility index (Phi) is 3.32. The van der Waals surface area contributed by atoms with Gasteiger partial charge in [-0.05, 0) is 31.0 Å². The molecule has 2 aromatic rings. The van der Waals surface area contributed by atoms with Crippen LogP contribution in [-0.4, -0.2) is 23.9 Å². The summed E-state index contributed by atoms with van der Waals surface area (Å²) in [5, 5.41) is 3.35. The summed E-state index contributed by atoms with van der Waals surface area (Å²) < 4.78 is 5.63. The first-order chi connectivity index (χ1) is 9.65. The van der Waals surface area contributed by atoms with Crippen LogP contribution in [0.5, 0.6) is 0 Å². The molecular formula is C16H18N2O2. The number of hydrogen-bond acceptors (Lipinski definition) is 3. The topological polar surface area (TPSA) is 45.5 Å². The molecule has 104 valence electrons. The quantitative estimate of drug-likeness (QED) is 0.930. The number of furan rings is 1. The normalized spacial score (nSPS) is 22.5. The second-order valence-corrected chi connectivity index (χ2v) is 5.21. The fraction of sp³-hybridized carbons (Fsp3) is 0.312. The van der Waals surface area contributed by atoms with Crippen LogP contribution in [0.4, 0.5) is 0 Å². The van der Waals surface area contributed by atoms with Gasteiger partial charge in [-0.2, -0.15) is 0 Å². The van der Waals surface area contributed by atoms with Gasteiger partial charge in [-0.25, -0.2) is 0 Å². The Bertz CT molecular complexity index is 606. The minimum absolute atomic E-state index is 0.105. The summed E-state index contributed by atoms with van der Waals surface area (Å²) in [5.41, 5.74) is 1.16. The Morgan fingerprint density at radius 3 is 2.60 bits per heavy atom. The number of benzene rings is 1. The van der Waals surface area contributed by atoms with Crippen LogP contribution in [0, 0.1) is 6.92 Å². The minimum Gasteiger partial charge on any atom is -0.463 e. The van der Waals surface area contributed by atoms with Crippen LogP contribution in [0.1, 0.15) is 23.2 Å². The monoisotopic (exact) mass is 270 g/mol. The first kappa shape index (κ1) is 12.9. The third kappa shape index (κ3) is 2.34. The predicted octanol–water partition coefficient (Wildman–Crippen LogP) is 2.26. The number of aryl methyl sites for hydroxylation is 1.